The summed E-state index contributed by atoms with van der Waals surface area (Å²) in [6, 6.07) is 0. The first-order valence-electron chi connectivity index (χ1n) is 8.07. The van der Waals surface area contributed by atoms with E-state index < -0.39 is 0 Å². The molecular weight excluding hydrogens is 222 g/mol. The van der Waals surface area contributed by atoms with E-state index >= 15 is 0 Å². The van der Waals surface area contributed by atoms with Crippen molar-refractivity contribution in [3.05, 3.63) is 0 Å². The Morgan fingerprint density at radius 1 is 1.11 bits per heavy atom. The standard InChI is InChI=1S/C16H31NO/c1-3-4-13-5-6-15(12-17-2)16(11-13)14-7-9-18-10-8-14/h13-17H,3-12H2,1-2H3. The minimum absolute atomic E-state index is 0.922. The zero-order valence-corrected chi connectivity index (χ0v) is 12.3. The molecule has 0 aromatic rings. The highest BCUT2D eigenvalue weighted by Gasteiger charge is 2.35. The quantitative estimate of drug-likeness (QED) is 0.810. The average Bonchev–Trinajstić information content (AvgIpc) is 2.42. The summed E-state index contributed by atoms with van der Waals surface area (Å²) in [4.78, 5) is 0. The van der Waals surface area contributed by atoms with Crippen LogP contribution >= 0.6 is 0 Å². The largest absolute Gasteiger partial charge is 0.381 e. The molecule has 1 aliphatic heterocycles. The topological polar surface area (TPSA) is 21.3 Å². The van der Waals surface area contributed by atoms with E-state index in [-0.39, 0.29) is 0 Å². The molecule has 1 heterocycles. The van der Waals surface area contributed by atoms with Gasteiger partial charge in [-0.1, -0.05) is 26.2 Å². The fourth-order valence-electron chi connectivity index (χ4n) is 4.27. The van der Waals surface area contributed by atoms with Crippen LogP contribution in [0.2, 0.25) is 0 Å². The fourth-order valence-corrected chi connectivity index (χ4v) is 4.27. The first-order chi connectivity index (χ1) is 8.85. The SMILES string of the molecule is CCCC1CCC(CNC)C(C2CCOCC2)C1. The van der Waals surface area contributed by atoms with Crippen LogP contribution < -0.4 is 5.32 Å². The lowest BCUT2D eigenvalue weighted by atomic mass is 9.66. The molecule has 0 aromatic carbocycles. The molecule has 1 saturated heterocycles. The maximum Gasteiger partial charge on any atom is 0.0468 e. The highest BCUT2D eigenvalue weighted by atomic mass is 16.5. The third-order valence-corrected chi connectivity index (χ3v) is 5.19. The van der Waals surface area contributed by atoms with Gasteiger partial charge in [0.15, 0.2) is 0 Å². The van der Waals surface area contributed by atoms with Crippen molar-refractivity contribution in [3.8, 4) is 0 Å². The molecule has 1 N–H and O–H groups in total. The maximum absolute atomic E-state index is 5.54. The van der Waals surface area contributed by atoms with Gasteiger partial charge in [-0.3, -0.25) is 0 Å². The molecule has 3 unspecified atom stereocenters. The van der Waals surface area contributed by atoms with E-state index in [4.69, 9.17) is 4.74 Å². The van der Waals surface area contributed by atoms with Crippen LogP contribution in [0.5, 0.6) is 0 Å². The van der Waals surface area contributed by atoms with Gasteiger partial charge in [-0.2, -0.15) is 0 Å². The highest BCUT2D eigenvalue weighted by molar-refractivity contribution is 4.86. The van der Waals surface area contributed by atoms with Crippen molar-refractivity contribution in [2.24, 2.45) is 23.7 Å². The molecule has 2 aliphatic rings. The number of hydrogen-bond acceptors (Lipinski definition) is 2. The zero-order valence-electron chi connectivity index (χ0n) is 12.3. The molecule has 0 amide bonds. The van der Waals surface area contributed by atoms with Crippen LogP contribution in [0.25, 0.3) is 0 Å². The average molecular weight is 253 g/mol. The van der Waals surface area contributed by atoms with E-state index in [0.717, 1.165) is 36.9 Å². The minimum atomic E-state index is 0.922. The molecule has 0 bridgehead atoms. The predicted octanol–water partition coefficient (Wildman–Crippen LogP) is 3.47. The Morgan fingerprint density at radius 3 is 2.56 bits per heavy atom. The Balaban J connectivity index is 1.94. The van der Waals surface area contributed by atoms with Crippen molar-refractivity contribution < 1.29 is 4.74 Å². The second-order valence-electron chi connectivity index (χ2n) is 6.40. The summed E-state index contributed by atoms with van der Waals surface area (Å²) in [5, 5.41) is 3.42. The minimum Gasteiger partial charge on any atom is -0.381 e. The zero-order chi connectivity index (χ0) is 12.8. The van der Waals surface area contributed by atoms with Gasteiger partial charge in [0.25, 0.3) is 0 Å². The van der Waals surface area contributed by atoms with Gasteiger partial charge in [0, 0.05) is 13.2 Å². The van der Waals surface area contributed by atoms with E-state index in [9.17, 15) is 0 Å². The molecule has 2 nitrogen and oxygen atoms in total. The molecule has 18 heavy (non-hydrogen) atoms. The van der Waals surface area contributed by atoms with E-state index in [2.05, 4.69) is 19.3 Å². The van der Waals surface area contributed by atoms with E-state index in [0.29, 0.717) is 0 Å². The van der Waals surface area contributed by atoms with Crippen LogP contribution in [-0.4, -0.2) is 26.8 Å². The summed E-state index contributed by atoms with van der Waals surface area (Å²) < 4.78 is 5.54. The van der Waals surface area contributed by atoms with Gasteiger partial charge in [-0.05, 0) is 62.9 Å². The van der Waals surface area contributed by atoms with Crippen molar-refractivity contribution in [2.75, 3.05) is 26.8 Å². The smallest absolute Gasteiger partial charge is 0.0468 e. The van der Waals surface area contributed by atoms with E-state index in [1.54, 1.807) is 0 Å². The van der Waals surface area contributed by atoms with Gasteiger partial charge in [0.2, 0.25) is 0 Å². The maximum atomic E-state index is 5.54. The lowest BCUT2D eigenvalue weighted by molar-refractivity contribution is 0.0138. The van der Waals surface area contributed by atoms with E-state index in [1.165, 1.54) is 51.5 Å². The third kappa shape index (κ3) is 3.71. The van der Waals surface area contributed by atoms with Gasteiger partial charge in [-0.15, -0.1) is 0 Å². The molecule has 0 aromatic heterocycles. The van der Waals surface area contributed by atoms with Gasteiger partial charge >= 0.3 is 0 Å². The number of rotatable bonds is 5. The molecule has 0 spiro atoms. The van der Waals surface area contributed by atoms with Crippen molar-refractivity contribution in [2.45, 2.75) is 51.9 Å². The fraction of sp³-hybridized carbons (Fsp3) is 1.00. The number of hydrogen-bond donors (Lipinski definition) is 1. The molecule has 2 heteroatoms. The van der Waals surface area contributed by atoms with Gasteiger partial charge in [0.05, 0.1) is 0 Å². The molecule has 2 rings (SSSR count). The van der Waals surface area contributed by atoms with Gasteiger partial charge in [0.1, 0.15) is 0 Å². The Kier molecular flexibility index (Phi) is 5.97. The Hall–Kier alpha value is -0.0800. The van der Waals surface area contributed by atoms with Crippen LogP contribution in [0.4, 0.5) is 0 Å². The lowest BCUT2D eigenvalue weighted by Crippen LogP contribution is -2.38. The molecule has 2 fully saturated rings. The summed E-state index contributed by atoms with van der Waals surface area (Å²) in [6.45, 7) is 5.57. The molecule has 3 atom stereocenters. The van der Waals surface area contributed by atoms with Crippen LogP contribution in [-0.2, 0) is 4.74 Å². The Bertz CT molecular complexity index is 220. The number of nitrogens with one attached hydrogen (secondary N) is 1. The monoisotopic (exact) mass is 253 g/mol. The molecule has 106 valence electrons. The van der Waals surface area contributed by atoms with Crippen LogP contribution in [0.3, 0.4) is 0 Å². The lowest BCUT2D eigenvalue weighted by Gasteiger charge is -2.42. The Morgan fingerprint density at radius 2 is 1.89 bits per heavy atom. The predicted molar refractivity (Wildman–Crippen MR) is 76.7 cm³/mol. The number of ether oxygens (including phenoxy) is 1. The van der Waals surface area contributed by atoms with Gasteiger partial charge < -0.3 is 10.1 Å². The van der Waals surface area contributed by atoms with Gasteiger partial charge in [-0.25, -0.2) is 0 Å². The first-order valence-corrected chi connectivity index (χ1v) is 8.07. The van der Waals surface area contributed by atoms with Crippen molar-refractivity contribution in [3.63, 3.8) is 0 Å². The third-order valence-electron chi connectivity index (χ3n) is 5.19. The van der Waals surface area contributed by atoms with Crippen molar-refractivity contribution >= 4 is 0 Å². The van der Waals surface area contributed by atoms with Crippen LogP contribution in [0.1, 0.15) is 51.9 Å². The highest BCUT2D eigenvalue weighted by Crippen LogP contribution is 2.42. The summed E-state index contributed by atoms with van der Waals surface area (Å²) in [5.74, 6) is 3.84. The van der Waals surface area contributed by atoms with Crippen molar-refractivity contribution in [1.82, 2.24) is 5.32 Å². The summed E-state index contributed by atoms with van der Waals surface area (Å²) in [5.41, 5.74) is 0. The summed E-state index contributed by atoms with van der Waals surface area (Å²) >= 11 is 0. The second kappa shape index (κ2) is 7.49. The second-order valence-corrected chi connectivity index (χ2v) is 6.40. The molecule has 1 aliphatic carbocycles. The normalized spacial score (nSPS) is 34.7. The summed E-state index contributed by atoms with van der Waals surface area (Å²) in [6.07, 6.45) is 9.85. The van der Waals surface area contributed by atoms with E-state index in [1.807, 2.05) is 0 Å². The molecular formula is C16H31NO. The van der Waals surface area contributed by atoms with Crippen LogP contribution in [0.15, 0.2) is 0 Å². The molecule has 0 radical (unpaired) electrons. The Labute approximate surface area is 113 Å². The van der Waals surface area contributed by atoms with Crippen LogP contribution in [0, 0.1) is 23.7 Å². The molecule has 1 saturated carbocycles. The first kappa shape index (κ1) is 14.3. The van der Waals surface area contributed by atoms with Crippen molar-refractivity contribution in [1.29, 1.82) is 0 Å². The summed E-state index contributed by atoms with van der Waals surface area (Å²) in [7, 11) is 2.11.